The number of hydrogen-bond donors (Lipinski definition) is 1. The lowest BCUT2D eigenvalue weighted by molar-refractivity contribution is 0.495. The summed E-state index contributed by atoms with van der Waals surface area (Å²) >= 11 is 4.69. The summed E-state index contributed by atoms with van der Waals surface area (Å²) in [7, 11) is 1.79. The van der Waals surface area contributed by atoms with Crippen LogP contribution >= 0.6 is 27.3 Å². The van der Waals surface area contributed by atoms with E-state index in [2.05, 4.69) is 26.2 Å². The van der Waals surface area contributed by atoms with Gasteiger partial charge in [-0.15, -0.1) is 11.3 Å². The summed E-state index contributed by atoms with van der Waals surface area (Å²) in [5, 5.41) is 6.05. The van der Waals surface area contributed by atoms with Crippen molar-refractivity contribution in [1.29, 1.82) is 0 Å². The molecule has 1 N–H and O–H groups in total. The molecular formula is C13H13BrF2N2S. The van der Waals surface area contributed by atoms with Crippen LogP contribution in [0.5, 0.6) is 0 Å². The van der Waals surface area contributed by atoms with Crippen LogP contribution in [0, 0.1) is 18.6 Å². The molecule has 1 heterocycles. The van der Waals surface area contributed by atoms with Gasteiger partial charge in [-0.25, -0.2) is 13.8 Å². The van der Waals surface area contributed by atoms with E-state index in [9.17, 15) is 8.78 Å². The zero-order chi connectivity index (χ0) is 14.0. The molecule has 2 rings (SSSR count). The molecule has 0 aliphatic carbocycles. The molecule has 1 unspecified atom stereocenters. The predicted molar refractivity (Wildman–Crippen MR) is 76.4 cm³/mol. The number of rotatable bonds is 4. The van der Waals surface area contributed by atoms with Gasteiger partial charge < -0.3 is 5.32 Å². The van der Waals surface area contributed by atoms with Crippen LogP contribution in [-0.2, 0) is 6.42 Å². The number of benzene rings is 1. The minimum absolute atomic E-state index is 0.116. The molecule has 1 atom stereocenters. The monoisotopic (exact) mass is 346 g/mol. The van der Waals surface area contributed by atoms with Crippen LogP contribution in [0.2, 0.25) is 0 Å². The van der Waals surface area contributed by atoms with Crippen molar-refractivity contribution in [3.05, 3.63) is 49.9 Å². The maximum absolute atomic E-state index is 13.6. The molecule has 6 heteroatoms. The third-order valence-electron chi connectivity index (χ3n) is 2.83. The van der Waals surface area contributed by atoms with Gasteiger partial charge in [-0.3, -0.25) is 0 Å². The van der Waals surface area contributed by atoms with Crippen LogP contribution < -0.4 is 5.32 Å². The fourth-order valence-corrected chi connectivity index (χ4v) is 3.27. The molecular weight excluding hydrogens is 334 g/mol. The van der Waals surface area contributed by atoms with Gasteiger partial charge in [0.2, 0.25) is 0 Å². The van der Waals surface area contributed by atoms with Crippen LogP contribution in [0.1, 0.15) is 22.3 Å². The Bertz CT molecular complexity index is 586. The van der Waals surface area contributed by atoms with Crippen molar-refractivity contribution in [1.82, 2.24) is 10.3 Å². The van der Waals surface area contributed by atoms with Gasteiger partial charge in [-0.1, -0.05) is 6.07 Å². The van der Waals surface area contributed by atoms with Gasteiger partial charge in [0.1, 0.15) is 0 Å². The normalized spacial score (nSPS) is 12.7. The summed E-state index contributed by atoms with van der Waals surface area (Å²) in [6.45, 7) is 1.93. The van der Waals surface area contributed by atoms with Gasteiger partial charge in [-0.2, -0.15) is 0 Å². The molecule has 1 aromatic heterocycles. The Morgan fingerprint density at radius 1 is 1.42 bits per heavy atom. The predicted octanol–water partition coefficient (Wildman–Crippen LogP) is 4.00. The molecule has 102 valence electrons. The number of nitrogens with zero attached hydrogens (tertiary/aromatic N) is 1. The van der Waals surface area contributed by atoms with E-state index < -0.39 is 11.6 Å². The topological polar surface area (TPSA) is 24.9 Å². The van der Waals surface area contributed by atoms with Gasteiger partial charge >= 0.3 is 0 Å². The average molecular weight is 347 g/mol. The molecule has 0 aliphatic rings. The Kier molecular flexibility index (Phi) is 4.65. The minimum Gasteiger partial charge on any atom is -0.313 e. The van der Waals surface area contributed by atoms with Crippen molar-refractivity contribution in [2.24, 2.45) is 0 Å². The fourth-order valence-electron chi connectivity index (χ4n) is 1.85. The Balaban J connectivity index is 2.29. The van der Waals surface area contributed by atoms with Crippen LogP contribution in [-0.4, -0.2) is 12.0 Å². The van der Waals surface area contributed by atoms with Crippen LogP contribution in [0.25, 0.3) is 0 Å². The van der Waals surface area contributed by atoms with Gasteiger partial charge in [-0.05, 0) is 41.5 Å². The van der Waals surface area contributed by atoms with Crippen molar-refractivity contribution >= 4 is 27.3 Å². The number of nitrogens with one attached hydrogen (secondary N) is 1. The highest BCUT2D eigenvalue weighted by molar-refractivity contribution is 9.10. The summed E-state index contributed by atoms with van der Waals surface area (Å²) < 4.78 is 26.9. The van der Waals surface area contributed by atoms with E-state index in [0.717, 1.165) is 16.8 Å². The van der Waals surface area contributed by atoms with E-state index in [1.165, 1.54) is 0 Å². The number of aromatic nitrogens is 1. The summed E-state index contributed by atoms with van der Waals surface area (Å²) in [5.41, 5.74) is 1.66. The van der Waals surface area contributed by atoms with E-state index in [1.54, 1.807) is 24.5 Å². The third kappa shape index (κ3) is 3.19. The van der Waals surface area contributed by atoms with Crippen molar-refractivity contribution in [2.45, 2.75) is 19.4 Å². The molecule has 0 radical (unpaired) electrons. The molecule has 0 spiro atoms. The van der Waals surface area contributed by atoms with Crippen molar-refractivity contribution in [3.63, 3.8) is 0 Å². The first kappa shape index (κ1) is 14.6. The molecule has 0 saturated carbocycles. The van der Waals surface area contributed by atoms with E-state index in [0.29, 0.717) is 12.0 Å². The standard InChI is InChI=1S/C13H13BrF2N2S/c1-7-6-19-11(18-7)5-10(17-2)8-3-4-9(15)13(16)12(8)14/h3-4,6,10,17H,5H2,1-2H3. The number of thiazole rings is 1. The zero-order valence-corrected chi connectivity index (χ0v) is 12.9. The van der Waals surface area contributed by atoms with Gasteiger partial charge in [0, 0.05) is 23.5 Å². The Hall–Kier alpha value is -0.850. The second kappa shape index (κ2) is 6.07. The molecule has 2 nitrogen and oxygen atoms in total. The largest absolute Gasteiger partial charge is 0.313 e. The molecule has 0 aliphatic heterocycles. The Labute approximate surface area is 123 Å². The lowest BCUT2D eigenvalue weighted by Crippen LogP contribution is -2.19. The van der Waals surface area contributed by atoms with Crippen molar-refractivity contribution < 1.29 is 8.78 Å². The molecule has 1 aromatic carbocycles. The quantitative estimate of drug-likeness (QED) is 0.846. The van der Waals surface area contributed by atoms with Crippen LogP contribution in [0.3, 0.4) is 0 Å². The van der Waals surface area contributed by atoms with E-state index in [-0.39, 0.29) is 10.5 Å². The minimum atomic E-state index is -0.854. The average Bonchev–Trinajstić information content (AvgIpc) is 2.80. The summed E-state index contributed by atoms with van der Waals surface area (Å²) in [5.74, 6) is -1.70. The van der Waals surface area contributed by atoms with E-state index in [4.69, 9.17) is 0 Å². The molecule has 0 saturated heterocycles. The van der Waals surface area contributed by atoms with Gasteiger partial charge in [0.15, 0.2) is 11.6 Å². The smallest absolute Gasteiger partial charge is 0.173 e. The SMILES string of the molecule is CNC(Cc1nc(C)cs1)c1ccc(F)c(F)c1Br. The fraction of sp³-hybridized carbons (Fsp3) is 0.308. The third-order valence-corrected chi connectivity index (χ3v) is 4.63. The lowest BCUT2D eigenvalue weighted by Gasteiger charge is -2.17. The Morgan fingerprint density at radius 2 is 2.16 bits per heavy atom. The van der Waals surface area contributed by atoms with Gasteiger partial charge in [0.05, 0.1) is 9.48 Å². The molecule has 19 heavy (non-hydrogen) atoms. The lowest BCUT2D eigenvalue weighted by atomic mass is 10.0. The molecule has 0 bridgehead atoms. The number of aryl methyl sites for hydroxylation is 1. The van der Waals surface area contributed by atoms with E-state index >= 15 is 0 Å². The summed E-state index contributed by atoms with van der Waals surface area (Å²) in [6, 6.07) is 2.62. The van der Waals surface area contributed by atoms with Crippen molar-refractivity contribution in [2.75, 3.05) is 7.05 Å². The van der Waals surface area contributed by atoms with Crippen LogP contribution in [0.4, 0.5) is 8.78 Å². The van der Waals surface area contributed by atoms with Crippen LogP contribution in [0.15, 0.2) is 22.0 Å². The molecule has 0 fully saturated rings. The van der Waals surface area contributed by atoms with Gasteiger partial charge in [0.25, 0.3) is 0 Å². The Morgan fingerprint density at radius 3 is 2.74 bits per heavy atom. The summed E-state index contributed by atoms with van der Waals surface area (Å²) in [4.78, 5) is 4.39. The maximum atomic E-state index is 13.6. The molecule has 0 amide bonds. The maximum Gasteiger partial charge on any atom is 0.173 e. The summed E-state index contributed by atoms with van der Waals surface area (Å²) in [6.07, 6.45) is 0.638. The number of likely N-dealkylation sites (N-methyl/N-ethyl adjacent to an activating group) is 1. The first-order chi connectivity index (χ1) is 9.02. The van der Waals surface area contributed by atoms with Crippen molar-refractivity contribution in [3.8, 4) is 0 Å². The highest BCUT2D eigenvalue weighted by atomic mass is 79.9. The first-order valence-electron chi connectivity index (χ1n) is 5.74. The zero-order valence-electron chi connectivity index (χ0n) is 10.5. The second-order valence-electron chi connectivity index (χ2n) is 4.19. The molecule has 2 aromatic rings. The first-order valence-corrected chi connectivity index (χ1v) is 7.42. The number of hydrogen-bond acceptors (Lipinski definition) is 3. The highest BCUT2D eigenvalue weighted by Crippen LogP contribution is 2.30. The van der Waals surface area contributed by atoms with E-state index in [1.807, 2.05) is 12.3 Å². The highest BCUT2D eigenvalue weighted by Gasteiger charge is 2.19. The number of halogens is 3. The second-order valence-corrected chi connectivity index (χ2v) is 5.93.